The number of aromatic nitrogens is 1. The molecule has 5 heteroatoms. The Bertz CT molecular complexity index is 683. The van der Waals surface area contributed by atoms with Crippen molar-refractivity contribution in [2.45, 2.75) is 31.8 Å². The summed E-state index contributed by atoms with van der Waals surface area (Å²) in [7, 11) is 0. The standard InChI is InChI=1S/C16H19N3OS/c1-10-6-11-2-4-19(10)9-14(11)18-16(20)13-7-12-3-5-21-15(12)8-17-13/h3,5,7-8,10-11,14H,2,4,6,9H2,1H3,(H,18,20). The second kappa shape index (κ2) is 5.07. The van der Waals surface area contributed by atoms with E-state index >= 15 is 0 Å². The molecule has 3 aliphatic rings. The lowest BCUT2D eigenvalue weighted by molar-refractivity contribution is 0.0273. The van der Waals surface area contributed by atoms with Crippen molar-refractivity contribution in [1.82, 2.24) is 15.2 Å². The molecule has 3 aliphatic heterocycles. The maximum absolute atomic E-state index is 12.4. The molecular weight excluding hydrogens is 282 g/mol. The van der Waals surface area contributed by atoms with E-state index in [9.17, 15) is 4.79 Å². The van der Waals surface area contributed by atoms with Crippen LogP contribution in [0.25, 0.3) is 10.1 Å². The van der Waals surface area contributed by atoms with Gasteiger partial charge in [0, 0.05) is 24.8 Å². The van der Waals surface area contributed by atoms with Gasteiger partial charge in [0.15, 0.2) is 0 Å². The summed E-state index contributed by atoms with van der Waals surface area (Å²) in [6, 6.07) is 4.87. The number of amides is 1. The van der Waals surface area contributed by atoms with Gasteiger partial charge < -0.3 is 5.32 Å². The Balaban J connectivity index is 1.50. The van der Waals surface area contributed by atoms with Crippen LogP contribution in [0.2, 0.25) is 0 Å². The minimum absolute atomic E-state index is 0.0329. The lowest BCUT2D eigenvalue weighted by atomic mass is 9.80. The first-order valence-corrected chi connectivity index (χ1v) is 8.47. The van der Waals surface area contributed by atoms with Crippen molar-refractivity contribution in [3.63, 3.8) is 0 Å². The van der Waals surface area contributed by atoms with E-state index < -0.39 is 0 Å². The van der Waals surface area contributed by atoms with Crippen LogP contribution >= 0.6 is 11.3 Å². The summed E-state index contributed by atoms with van der Waals surface area (Å²) in [5.41, 5.74) is 0.533. The van der Waals surface area contributed by atoms with E-state index in [0.29, 0.717) is 17.7 Å². The van der Waals surface area contributed by atoms with Gasteiger partial charge in [0.2, 0.25) is 0 Å². The Labute approximate surface area is 128 Å². The van der Waals surface area contributed by atoms with Crippen LogP contribution in [0.4, 0.5) is 0 Å². The number of nitrogens with one attached hydrogen (secondary N) is 1. The molecule has 1 amide bonds. The van der Waals surface area contributed by atoms with Crippen LogP contribution in [-0.4, -0.2) is 41.0 Å². The van der Waals surface area contributed by atoms with Gasteiger partial charge in [-0.15, -0.1) is 11.3 Å². The molecule has 5 heterocycles. The van der Waals surface area contributed by atoms with E-state index in [-0.39, 0.29) is 11.9 Å². The summed E-state index contributed by atoms with van der Waals surface area (Å²) < 4.78 is 1.13. The fourth-order valence-electron chi connectivity index (χ4n) is 3.69. The van der Waals surface area contributed by atoms with Gasteiger partial charge >= 0.3 is 0 Å². The summed E-state index contributed by atoms with van der Waals surface area (Å²) in [5.74, 6) is 0.591. The highest BCUT2D eigenvalue weighted by molar-refractivity contribution is 7.17. The molecule has 0 saturated carbocycles. The number of hydrogen-bond acceptors (Lipinski definition) is 4. The fraction of sp³-hybridized carbons (Fsp3) is 0.500. The fourth-order valence-corrected chi connectivity index (χ4v) is 4.43. The van der Waals surface area contributed by atoms with Gasteiger partial charge in [-0.1, -0.05) is 0 Å². The lowest BCUT2D eigenvalue weighted by Crippen LogP contribution is -2.60. The Hall–Kier alpha value is -1.46. The first-order valence-electron chi connectivity index (χ1n) is 7.59. The van der Waals surface area contributed by atoms with Crippen molar-refractivity contribution in [2.75, 3.05) is 13.1 Å². The zero-order valence-electron chi connectivity index (χ0n) is 12.1. The highest BCUT2D eigenvalue weighted by Crippen LogP contribution is 2.32. The van der Waals surface area contributed by atoms with Crippen molar-refractivity contribution in [2.24, 2.45) is 5.92 Å². The van der Waals surface area contributed by atoms with Crippen molar-refractivity contribution in [1.29, 1.82) is 0 Å². The summed E-state index contributed by atoms with van der Waals surface area (Å²) in [6.45, 7) is 4.45. The van der Waals surface area contributed by atoms with Gasteiger partial charge in [-0.3, -0.25) is 9.69 Å². The van der Waals surface area contributed by atoms with Crippen molar-refractivity contribution >= 4 is 27.3 Å². The molecule has 2 aromatic heterocycles. The molecular formula is C16H19N3OS. The molecule has 0 radical (unpaired) electrons. The average molecular weight is 301 g/mol. The number of piperidine rings is 3. The van der Waals surface area contributed by atoms with E-state index in [0.717, 1.165) is 16.6 Å². The second-order valence-corrected chi connectivity index (χ2v) is 7.18. The molecule has 21 heavy (non-hydrogen) atoms. The Morgan fingerprint density at radius 1 is 1.52 bits per heavy atom. The van der Waals surface area contributed by atoms with Crippen LogP contribution in [0.3, 0.4) is 0 Å². The zero-order valence-corrected chi connectivity index (χ0v) is 12.9. The third-order valence-corrected chi connectivity index (χ3v) is 5.81. The minimum Gasteiger partial charge on any atom is -0.346 e. The molecule has 2 bridgehead atoms. The van der Waals surface area contributed by atoms with Crippen LogP contribution in [0.5, 0.6) is 0 Å². The number of hydrogen-bond donors (Lipinski definition) is 1. The van der Waals surface area contributed by atoms with Gasteiger partial charge in [-0.25, -0.2) is 4.98 Å². The maximum atomic E-state index is 12.4. The molecule has 3 fully saturated rings. The third kappa shape index (κ3) is 2.34. The van der Waals surface area contributed by atoms with Crippen molar-refractivity contribution < 1.29 is 4.79 Å². The maximum Gasteiger partial charge on any atom is 0.270 e. The highest BCUT2D eigenvalue weighted by atomic mass is 32.1. The normalized spacial score (nSPS) is 31.5. The van der Waals surface area contributed by atoms with E-state index in [4.69, 9.17) is 0 Å². The first kappa shape index (κ1) is 13.2. The van der Waals surface area contributed by atoms with Crippen LogP contribution in [0.1, 0.15) is 30.3 Å². The number of pyridine rings is 1. The Morgan fingerprint density at radius 3 is 3.19 bits per heavy atom. The summed E-state index contributed by atoms with van der Waals surface area (Å²) >= 11 is 1.65. The molecule has 5 rings (SSSR count). The lowest BCUT2D eigenvalue weighted by Gasteiger charge is -2.48. The van der Waals surface area contributed by atoms with E-state index in [1.165, 1.54) is 19.4 Å². The topological polar surface area (TPSA) is 45.2 Å². The van der Waals surface area contributed by atoms with Gasteiger partial charge in [0.25, 0.3) is 5.91 Å². The molecule has 110 valence electrons. The number of carbonyl (C=O) groups is 1. The SMILES string of the molecule is CC1CC2CCN1CC2NC(=O)c1cc2ccsc2cn1. The number of thiophene rings is 1. The zero-order chi connectivity index (χ0) is 14.4. The van der Waals surface area contributed by atoms with E-state index in [2.05, 4.69) is 22.1 Å². The summed E-state index contributed by atoms with van der Waals surface area (Å²) in [6.07, 6.45) is 4.20. The predicted octanol–water partition coefficient (Wildman–Crippen LogP) is 2.51. The third-order valence-electron chi connectivity index (χ3n) is 4.94. The molecule has 0 spiro atoms. The first-order chi connectivity index (χ1) is 10.2. The van der Waals surface area contributed by atoms with Gasteiger partial charge in [-0.05, 0) is 55.1 Å². The Kier molecular flexibility index (Phi) is 3.19. The monoisotopic (exact) mass is 301 g/mol. The summed E-state index contributed by atoms with van der Waals surface area (Å²) in [4.78, 5) is 19.2. The second-order valence-electron chi connectivity index (χ2n) is 6.24. The Morgan fingerprint density at radius 2 is 2.43 bits per heavy atom. The van der Waals surface area contributed by atoms with Gasteiger partial charge in [0.1, 0.15) is 5.69 Å². The number of nitrogens with zero attached hydrogens (tertiary/aromatic N) is 2. The number of fused-ring (bicyclic) bond motifs is 4. The average Bonchev–Trinajstić information content (AvgIpc) is 2.96. The predicted molar refractivity (Wildman–Crippen MR) is 84.6 cm³/mol. The number of rotatable bonds is 2. The van der Waals surface area contributed by atoms with Crippen molar-refractivity contribution in [3.05, 3.63) is 29.4 Å². The number of carbonyl (C=O) groups excluding carboxylic acids is 1. The molecule has 4 unspecified atom stereocenters. The highest BCUT2D eigenvalue weighted by Gasteiger charge is 2.38. The largest absolute Gasteiger partial charge is 0.346 e. The quantitative estimate of drug-likeness (QED) is 0.927. The minimum atomic E-state index is -0.0329. The molecule has 1 N–H and O–H groups in total. The summed E-state index contributed by atoms with van der Waals surface area (Å²) in [5, 5.41) is 6.33. The molecule has 0 aliphatic carbocycles. The smallest absolute Gasteiger partial charge is 0.270 e. The van der Waals surface area contributed by atoms with E-state index in [1.807, 2.05) is 17.5 Å². The molecule has 4 nitrogen and oxygen atoms in total. The molecule has 4 atom stereocenters. The molecule has 3 saturated heterocycles. The van der Waals surface area contributed by atoms with Crippen LogP contribution in [-0.2, 0) is 0 Å². The van der Waals surface area contributed by atoms with Crippen LogP contribution in [0.15, 0.2) is 23.7 Å². The van der Waals surface area contributed by atoms with Gasteiger partial charge in [0.05, 0.1) is 4.70 Å². The van der Waals surface area contributed by atoms with Crippen molar-refractivity contribution in [3.8, 4) is 0 Å². The van der Waals surface area contributed by atoms with Gasteiger partial charge in [-0.2, -0.15) is 0 Å². The van der Waals surface area contributed by atoms with E-state index in [1.54, 1.807) is 17.5 Å². The molecule has 0 aromatic carbocycles. The van der Waals surface area contributed by atoms with Crippen LogP contribution < -0.4 is 5.32 Å². The molecule has 2 aromatic rings. The van der Waals surface area contributed by atoms with Crippen LogP contribution in [0, 0.1) is 5.92 Å².